The maximum atomic E-state index is 13.1. The summed E-state index contributed by atoms with van der Waals surface area (Å²) in [5, 5.41) is 14.4. The molecule has 3 N–H and O–H groups in total. The van der Waals surface area contributed by atoms with Crippen LogP contribution in [0.15, 0.2) is 51.0 Å². The number of H-pyrrole nitrogens is 1. The lowest BCUT2D eigenvalue weighted by molar-refractivity contribution is 0.0526. The molecule has 0 unspecified atom stereocenters. The van der Waals surface area contributed by atoms with Gasteiger partial charge in [-0.2, -0.15) is 0 Å². The van der Waals surface area contributed by atoms with Gasteiger partial charge in [0.2, 0.25) is 5.88 Å². The van der Waals surface area contributed by atoms with Gasteiger partial charge in [-0.3, -0.25) is 19.6 Å². The standard InChI is InChI=1S/C32H32N4O6S/c1-5-42-31(40)25-22-8-6-7-9-24(22)43-29(25)34-27(37)20-10-12-21(13-11-20)33-16-23-28(38)35-32(41)36(30(23)39)26-18(3)14-17(2)15-19(26)4/h10-16,39H,5-9H2,1-4H3,(H,34,37)(H,35,38,41). The van der Waals surface area contributed by atoms with Gasteiger partial charge in [0, 0.05) is 16.7 Å². The van der Waals surface area contributed by atoms with Gasteiger partial charge in [-0.15, -0.1) is 11.3 Å². The van der Waals surface area contributed by atoms with Crippen LogP contribution in [0.25, 0.3) is 5.69 Å². The molecule has 0 atom stereocenters. The number of thiophene rings is 1. The fourth-order valence-corrected chi connectivity index (χ4v) is 6.75. The SMILES string of the molecule is CCOC(=O)c1c(NC(=O)c2ccc(N=Cc3c(O)n(-c4c(C)cc(C)cc4C)c(=O)[nH]c3=O)cc2)sc2c1CCCC2. The zero-order valence-electron chi connectivity index (χ0n) is 24.4. The molecule has 0 aliphatic heterocycles. The maximum Gasteiger partial charge on any atom is 0.341 e. The van der Waals surface area contributed by atoms with Crippen LogP contribution in [0, 0.1) is 20.8 Å². The minimum Gasteiger partial charge on any atom is -0.493 e. The highest BCUT2D eigenvalue weighted by molar-refractivity contribution is 7.17. The Hall–Kier alpha value is -4.77. The van der Waals surface area contributed by atoms with E-state index in [0.717, 1.165) is 57.4 Å². The number of rotatable bonds is 7. The molecule has 5 rings (SSSR count). The Kier molecular flexibility index (Phi) is 8.45. The number of carbonyl (C=O) groups is 2. The lowest BCUT2D eigenvalue weighted by atomic mass is 9.95. The van der Waals surface area contributed by atoms with Crippen LogP contribution in [0.3, 0.4) is 0 Å². The number of hydrogen-bond acceptors (Lipinski definition) is 8. The van der Waals surface area contributed by atoms with Crippen LogP contribution in [0.5, 0.6) is 5.88 Å². The molecule has 0 saturated heterocycles. The maximum absolute atomic E-state index is 13.1. The second kappa shape index (κ2) is 12.2. The van der Waals surface area contributed by atoms with Crippen molar-refractivity contribution >= 4 is 40.1 Å². The Labute approximate surface area is 251 Å². The molecule has 0 radical (unpaired) electrons. The second-order valence-corrected chi connectivity index (χ2v) is 11.6. The molecular formula is C32H32N4O6S. The fourth-order valence-electron chi connectivity index (χ4n) is 5.47. The van der Waals surface area contributed by atoms with Crippen LogP contribution in [-0.4, -0.2) is 39.4 Å². The lowest BCUT2D eigenvalue weighted by Crippen LogP contribution is -2.32. The molecule has 222 valence electrons. The van der Waals surface area contributed by atoms with Crippen LogP contribution in [0.2, 0.25) is 0 Å². The van der Waals surface area contributed by atoms with Gasteiger partial charge >= 0.3 is 11.7 Å². The molecule has 43 heavy (non-hydrogen) atoms. The molecule has 0 spiro atoms. The molecule has 1 aliphatic rings. The predicted octanol–water partition coefficient (Wildman–Crippen LogP) is 5.28. The van der Waals surface area contributed by atoms with Gasteiger partial charge in [-0.25, -0.2) is 14.2 Å². The molecule has 2 aromatic carbocycles. The van der Waals surface area contributed by atoms with Crippen LogP contribution in [-0.2, 0) is 17.6 Å². The number of amides is 1. The number of aromatic hydroxyl groups is 1. The minimum atomic E-state index is -0.781. The average Bonchev–Trinajstić information content (AvgIpc) is 3.32. The van der Waals surface area contributed by atoms with Gasteiger partial charge in [0.1, 0.15) is 10.6 Å². The monoisotopic (exact) mass is 600 g/mol. The van der Waals surface area contributed by atoms with Gasteiger partial charge in [0.05, 0.1) is 23.5 Å². The minimum absolute atomic E-state index is 0.186. The van der Waals surface area contributed by atoms with E-state index in [1.165, 1.54) is 17.6 Å². The van der Waals surface area contributed by atoms with Gasteiger partial charge in [-0.05, 0) is 94.3 Å². The number of aryl methyl sites for hydroxylation is 4. The van der Waals surface area contributed by atoms with E-state index in [1.54, 1.807) is 31.2 Å². The Balaban J connectivity index is 1.39. The molecule has 0 fully saturated rings. The number of hydrogen-bond donors (Lipinski definition) is 3. The second-order valence-electron chi connectivity index (χ2n) is 10.5. The first kappa shape index (κ1) is 29.7. The summed E-state index contributed by atoms with van der Waals surface area (Å²) >= 11 is 1.42. The number of esters is 1. The molecule has 11 heteroatoms. The summed E-state index contributed by atoms with van der Waals surface area (Å²) in [5.41, 5.74) is 3.44. The molecule has 4 aromatic rings. The third kappa shape index (κ3) is 5.94. The summed E-state index contributed by atoms with van der Waals surface area (Å²) in [6, 6.07) is 10.1. The summed E-state index contributed by atoms with van der Waals surface area (Å²) in [5.74, 6) is -1.34. The van der Waals surface area contributed by atoms with Gasteiger partial charge in [-0.1, -0.05) is 17.7 Å². The Morgan fingerprint density at radius 1 is 1.09 bits per heavy atom. The van der Waals surface area contributed by atoms with Crippen LogP contribution >= 0.6 is 11.3 Å². The van der Waals surface area contributed by atoms with E-state index in [0.29, 0.717) is 27.5 Å². The predicted molar refractivity (Wildman–Crippen MR) is 167 cm³/mol. The fraction of sp³-hybridized carbons (Fsp3) is 0.281. The molecule has 10 nitrogen and oxygen atoms in total. The van der Waals surface area contributed by atoms with Crippen LogP contribution < -0.4 is 16.6 Å². The van der Waals surface area contributed by atoms with Crippen molar-refractivity contribution in [2.75, 3.05) is 11.9 Å². The summed E-state index contributed by atoms with van der Waals surface area (Å²) in [7, 11) is 0. The van der Waals surface area contributed by atoms with Gasteiger partial charge < -0.3 is 15.2 Å². The molecule has 0 saturated carbocycles. The third-order valence-electron chi connectivity index (χ3n) is 7.33. The molecule has 1 amide bonds. The Morgan fingerprint density at radius 2 is 1.77 bits per heavy atom. The zero-order valence-corrected chi connectivity index (χ0v) is 25.2. The summed E-state index contributed by atoms with van der Waals surface area (Å²) < 4.78 is 6.33. The average molecular weight is 601 g/mol. The smallest absolute Gasteiger partial charge is 0.341 e. The van der Waals surface area contributed by atoms with E-state index < -0.39 is 23.1 Å². The highest BCUT2D eigenvalue weighted by Crippen LogP contribution is 2.39. The lowest BCUT2D eigenvalue weighted by Gasteiger charge is -2.15. The van der Waals surface area contributed by atoms with Crippen molar-refractivity contribution in [3.05, 3.63) is 101 Å². The number of carbonyl (C=O) groups excluding carboxylic acids is 2. The first-order valence-corrected chi connectivity index (χ1v) is 14.8. The van der Waals surface area contributed by atoms with Gasteiger partial charge in [0.25, 0.3) is 11.5 Å². The number of ether oxygens (including phenoxy) is 1. The number of nitrogens with zero attached hydrogens (tertiary/aromatic N) is 2. The third-order valence-corrected chi connectivity index (χ3v) is 8.54. The van der Waals surface area contributed by atoms with E-state index in [2.05, 4.69) is 15.3 Å². The summed E-state index contributed by atoms with van der Waals surface area (Å²) in [6.45, 7) is 7.57. The van der Waals surface area contributed by atoms with Crippen molar-refractivity contribution in [3.8, 4) is 11.6 Å². The number of aromatic amines is 1. The van der Waals surface area contributed by atoms with Crippen molar-refractivity contribution in [3.63, 3.8) is 0 Å². The molecule has 0 bridgehead atoms. The largest absolute Gasteiger partial charge is 0.493 e. The normalized spacial score (nSPS) is 12.7. The van der Waals surface area contributed by atoms with Crippen LogP contribution in [0.1, 0.15) is 73.2 Å². The zero-order chi connectivity index (χ0) is 30.8. The van der Waals surface area contributed by atoms with E-state index in [1.807, 2.05) is 32.9 Å². The topological polar surface area (TPSA) is 143 Å². The molecular weight excluding hydrogens is 568 g/mol. The van der Waals surface area contributed by atoms with E-state index in [9.17, 15) is 24.3 Å². The number of nitrogens with one attached hydrogen (secondary N) is 2. The molecule has 1 aliphatic carbocycles. The first-order valence-electron chi connectivity index (χ1n) is 14.0. The number of anilines is 1. The number of aromatic nitrogens is 2. The first-order chi connectivity index (χ1) is 20.6. The Morgan fingerprint density at radius 3 is 2.44 bits per heavy atom. The van der Waals surface area contributed by atoms with E-state index in [4.69, 9.17) is 4.74 Å². The summed E-state index contributed by atoms with van der Waals surface area (Å²) in [4.78, 5) is 58.8. The van der Waals surface area contributed by atoms with Crippen molar-refractivity contribution in [1.82, 2.24) is 9.55 Å². The quantitative estimate of drug-likeness (QED) is 0.195. The van der Waals surface area contributed by atoms with Crippen molar-refractivity contribution < 1.29 is 19.4 Å². The number of fused-ring (bicyclic) bond motifs is 1. The molecule has 2 heterocycles. The van der Waals surface area contributed by atoms with Crippen molar-refractivity contribution in [2.45, 2.75) is 53.4 Å². The number of benzene rings is 2. The van der Waals surface area contributed by atoms with Crippen LogP contribution in [0.4, 0.5) is 10.7 Å². The van der Waals surface area contributed by atoms with Crippen molar-refractivity contribution in [2.24, 2.45) is 4.99 Å². The highest BCUT2D eigenvalue weighted by Gasteiger charge is 2.27. The van der Waals surface area contributed by atoms with E-state index >= 15 is 0 Å². The molecule has 2 aromatic heterocycles. The van der Waals surface area contributed by atoms with Crippen molar-refractivity contribution in [1.29, 1.82) is 0 Å². The summed E-state index contributed by atoms with van der Waals surface area (Å²) in [6.07, 6.45) is 4.86. The number of aliphatic imine (C=N–C) groups is 1. The Bertz CT molecular complexity index is 1860. The van der Waals surface area contributed by atoms with Gasteiger partial charge in [0.15, 0.2) is 0 Å². The highest BCUT2D eigenvalue weighted by atomic mass is 32.1. The van der Waals surface area contributed by atoms with E-state index in [-0.39, 0.29) is 18.1 Å².